The second-order valence-corrected chi connectivity index (χ2v) is 7.03. The van der Waals surface area contributed by atoms with Crippen molar-refractivity contribution in [1.29, 1.82) is 0 Å². The molecule has 0 saturated heterocycles. The zero-order valence-electron chi connectivity index (χ0n) is 11.2. The molecular formula is C15H22N2OS. The Hall–Kier alpha value is -0.870. The van der Waals surface area contributed by atoms with E-state index in [1.54, 1.807) is 11.3 Å². The van der Waals surface area contributed by atoms with Gasteiger partial charge in [0.2, 0.25) is 5.91 Å². The molecule has 104 valence electrons. The van der Waals surface area contributed by atoms with Gasteiger partial charge in [0.1, 0.15) is 0 Å². The second kappa shape index (κ2) is 5.63. The maximum Gasteiger partial charge on any atom is 0.223 e. The summed E-state index contributed by atoms with van der Waals surface area (Å²) in [6.07, 6.45) is 5.72. The maximum absolute atomic E-state index is 12.3. The molecule has 1 aromatic rings. The van der Waals surface area contributed by atoms with E-state index in [1.807, 2.05) is 11.4 Å². The summed E-state index contributed by atoms with van der Waals surface area (Å²) < 4.78 is 0. The highest BCUT2D eigenvalue weighted by Gasteiger charge is 2.40. The van der Waals surface area contributed by atoms with E-state index in [0.717, 1.165) is 12.8 Å². The van der Waals surface area contributed by atoms with Gasteiger partial charge in [-0.15, -0.1) is 11.3 Å². The Morgan fingerprint density at radius 1 is 1.37 bits per heavy atom. The number of carbonyl (C=O) groups excluding carboxylic acids is 1. The molecule has 2 saturated carbocycles. The first kappa shape index (κ1) is 13.1. The predicted molar refractivity (Wildman–Crippen MR) is 77.7 cm³/mol. The van der Waals surface area contributed by atoms with Gasteiger partial charge in [0.05, 0.1) is 6.54 Å². The van der Waals surface area contributed by atoms with Gasteiger partial charge in [-0.3, -0.25) is 4.79 Å². The highest BCUT2D eigenvalue weighted by atomic mass is 32.1. The normalized spacial score (nSPS) is 33.9. The van der Waals surface area contributed by atoms with Crippen LogP contribution in [0.1, 0.15) is 37.0 Å². The Morgan fingerprint density at radius 3 is 2.74 bits per heavy atom. The van der Waals surface area contributed by atoms with Crippen LogP contribution in [0.5, 0.6) is 0 Å². The molecule has 2 aliphatic rings. The van der Waals surface area contributed by atoms with E-state index >= 15 is 0 Å². The van der Waals surface area contributed by atoms with Gasteiger partial charge in [0.15, 0.2) is 0 Å². The van der Waals surface area contributed by atoms with Crippen LogP contribution in [0.4, 0.5) is 0 Å². The summed E-state index contributed by atoms with van der Waals surface area (Å²) in [6.45, 7) is 0.675. The summed E-state index contributed by atoms with van der Waals surface area (Å²) in [6, 6.07) is 4.43. The second-order valence-electron chi connectivity index (χ2n) is 5.99. The topological polar surface area (TPSA) is 55.1 Å². The monoisotopic (exact) mass is 278 g/mol. The van der Waals surface area contributed by atoms with Crippen LogP contribution >= 0.6 is 11.3 Å². The molecule has 1 amide bonds. The molecule has 2 atom stereocenters. The summed E-state index contributed by atoms with van der Waals surface area (Å²) in [5, 5.41) is 5.14. The molecule has 0 spiro atoms. The van der Waals surface area contributed by atoms with E-state index in [-0.39, 0.29) is 11.8 Å². The number of hydrogen-bond acceptors (Lipinski definition) is 3. The van der Waals surface area contributed by atoms with Gasteiger partial charge in [-0.2, -0.15) is 0 Å². The van der Waals surface area contributed by atoms with Crippen molar-refractivity contribution in [2.45, 2.75) is 44.7 Å². The SMILES string of the molecule is NC1C2CCCC1CC(C(=O)NCc1cccs1)C2. The number of carbonyl (C=O) groups is 1. The Balaban J connectivity index is 1.56. The predicted octanol–water partition coefficient (Wildman–Crippen LogP) is 2.52. The van der Waals surface area contributed by atoms with Crippen molar-refractivity contribution >= 4 is 17.2 Å². The van der Waals surface area contributed by atoms with E-state index in [2.05, 4.69) is 11.4 Å². The molecular weight excluding hydrogens is 256 g/mol. The van der Waals surface area contributed by atoms with Gasteiger partial charge in [-0.05, 0) is 49.0 Å². The lowest BCUT2D eigenvalue weighted by atomic mass is 9.65. The zero-order valence-corrected chi connectivity index (χ0v) is 12.0. The van der Waals surface area contributed by atoms with Crippen molar-refractivity contribution in [3.8, 4) is 0 Å². The molecule has 1 heterocycles. The van der Waals surface area contributed by atoms with E-state index in [1.165, 1.54) is 24.1 Å². The molecule has 2 aliphatic carbocycles. The summed E-state index contributed by atoms with van der Waals surface area (Å²) in [5.41, 5.74) is 6.27. The fraction of sp³-hybridized carbons (Fsp3) is 0.667. The molecule has 4 heteroatoms. The third-order valence-electron chi connectivity index (χ3n) is 4.80. The van der Waals surface area contributed by atoms with Gasteiger partial charge < -0.3 is 11.1 Å². The van der Waals surface area contributed by atoms with Crippen LogP contribution in [-0.2, 0) is 11.3 Å². The molecule has 2 unspecified atom stereocenters. The number of hydrogen-bond donors (Lipinski definition) is 2. The quantitative estimate of drug-likeness (QED) is 0.892. The lowest BCUT2D eigenvalue weighted by Gasteiger charge is -2.43. The van der Waals surface area contributed by atoms with Gasteiger partial charge >= 0.3 is 0 Å². The van der Waals surface area contributed by atoms with Gasteiger partial charge in [-0.1, -0.05) is 12.5 Å². The number of amides is 1. The van der Waals surface area contributed by atoms with Crippen molar-refractivity contribution in [3.63, 3.8) is 0 Å². The maximum atomic E-state index is 12.3. The Morgan fingerprint density at radius 2 is 2.11 bits per heavy atom. The number of nitrogens with one attached hydrogen (secondary N) is 1. The standard InChI is InChI=1S/C15H22N2OS/c16-14-10-3-1-4-11(14)8-12(7-10)15(18)17-9-13-5-2-6-19-13/h2,5-6,10-12,14H,1,3-4,7-9,16H2,(H,17,18). The number of thiophene rings is 1. The van der Waals surface area contributed by atoms with Gasteiger partial charge in [-0.25, -0.2) is 0 Å². The number of rotatable bonds is 3. The van der Waals surface area contributed by atoms with E-state index in [0.29, 0.717) is 24.4 Å². The highest BCUT2D eigenvalue weighted by Crippen LogP contribution is 2.41. The van der Waals surface area contributed by atoms with Crippen molar-refractivity contribution < 1.29 is 4.79 Å². The zero-order chi connectivity index (χ0) is 13.2. The van der Waals surface area contributed by atoms with Crippen LogP contribution < -0.4 is 11.1 Å². The molecule has 19 heavy (non-hydrogen) atoms. The molecule has 0 aliphatic heterocycles. The van der Waals surface area contributed by atoms with Crippen molar-refractivity contribution in [3.05, 3.63) is 22.4 Å². The Labute approximate surface area is 118 Å². The largest absolute Gasteiger partial charge is 0.351 e. The minimum Gasteiger partial charge on any atom is -0.351 e. The molecule has 3 nitrogen and oxygen atoms in total. The van der Waals surface area contributed by atoms with E-state index in [4.69, 9.17) is 5.73 Å². The number of nitrogens with two attached hydrogens (primary N) is 1. The van der Waals surface area contributed by atoms with E-state index in [9.17, 15) is 4.79 Å². The first-order chi connectivity index (χ1) is 9.24. The Kier molecular flexibility index (Phi) is 3.89. The van der Waals surface area contributed by atoms with Crippen LogP contribution in [0.25, 0.3) is 0 Å². The lowest BCUT2D eigenvalue weighted by molar-refractivity contribution is -0.128. The first-order valence-electron chi connectivity index (χ1n) is 7.29. The average molecular weight is 278 g/mol. The van der Waals surface area contributed by atoms with Crippen LogP contribution in [-0.4, -0.2) is 11.9 Å². The average Bonchev–Trinajstić information content (AvgIpc) is 2.88. The molecule has 0 radical (unpaired) electrons. The third-order valence-corrected chi connectivity index (χ3v) is 5.68. The lowest BCUT2D eigenvalue weighted by Crippen LogP contribution is -2.49. The summed E-state index contributed by atoms with van der Waals surface area (Å²) >= 11 is 1.69. The number of fused-ring (bicyclic) bond motifs is 2. The molecule has 2 bridgehead atoms. The van der Waals surface area contributed by atoms with Crippen molar-refractivity contribution in [2.75, 3.05) is 0 Å². The van der Waals surface area contributed by atoms with Gasteiger partial charge in [0.25, 0.3) is 0 Å². The fourth-order valence-corrected chi connectivity index (χ4v) is 4.38. The molecule has 0 aromatic carbocycles. The van der Waals surface area contributed by atoms with Crippen LogP contribution in [0.15, 0.2) is 17.5 Å². The van der Waals surface area contributed by atoms with Crippen LogP contribution in [0, 0.1) is 17.8 Å². The summed E-state index contributed by atoms with van der Waals surface area (Å²) in [4.78, 5) is 13.5. The first-order valence-corrected chi connectivity index (χ1v) is 8.17. The van der Waals surface area contributed by atoms with Crippen LogP contribution in [0.3, 0.4) is 0 Å². The molecule has 3 rings (SSSR count). The Bertz CT molecular complexity index is 417. The highest BCUT2D eigenvalue weighted by molar-refractivity contribution is 7.09. The van der Waals surface area contributed by atoms with Gasteiger partial charge in [0, 0.05) is 16.8 Å². The summed E-state index contributed by atoms with van der Waals surface area (Å²) in [7, 11) is 0. The molecule has 3 N–H and O–H groups in total. The minimum atomic E-state index is 0.190. The molecule has 1 aromatic heterocycles. The van der Waals surface area contributed by atoms with Crippen molar-refractivity contribution in [1.82, 2.24) is 5.32 Å². The minimum absolute atomic E-state index is 0.190. The smallest absolute Gasteiger partial charge is 0.223 e. The van der Waals surface area contributed by atoms with Crippen molar-refractivity contribution in [2.24, 2.45) is 23.5 Å². The van der Waals surface area contributed by atoms with E-state index < -0.39 is 0 Å². The summed E-state index contributed by atoms with van der Waals surface area (Å²) in [5.74, 6) is 1.57. The van der Waals surface area contributed by atoms with Crippen LogP contribution in [0.2, 0.25) is 0 Å². The third kappa shape index (κ3) is 2.84. The fourth-order valence-electron chi connectivity index (χ4n) is 3.73. The molecule has 2 fully saturated rings.